The van der Waals surface area contributed by atoms with E-state index in [2.05, 4.69) is 26.2 Å². The van der Waals surface area contributed by atoms with Crippen LogP contribution in [0.4, 0.5) is 5.13 Å². The van der Waals surface area contributed by atoms with Crippen LogP contribution in [0.2, 0.25) is 0 Å². The molecular weight excluding hydrogens is 348 g/mol. The highest BCUT2D eigenvalue weighted by molar-refractivity contribution is 9.10. The van der Waals surface area contributed by atoms with Gasteiger partial charge in [0.05, 0.1) is 21.2 Å². The van der Waals surface area contributed by atoms with Gasteiger partial charge in [0.25, 0.3) is 0 Å². The first-order chi connectivity index (χ1) is 9.04. The molecule has 1 aliphatic heterocycles. The predicted molar refractivity (Wildman–Crippen MR) is 82.6 cm³/mol. The van der Waals surface area contributed by atoms with Crippen molar-refractivity contribution < 1.29 is 8.42 Å². The monoisotopic (exact) mass is 360 g/mol. The molecule has 7 heteroatoms. The van der Waals surface area contributed by atoms with Gasteiger partial charge in [-0.1, -0.05) is 27.3 Å². The molecule has 2 aromatic rings. The lowest BCUT2D eigenvalue weighted by molar-refractivity contribution is 0.591. The number of anilines is 1. The molecule has 19 heavy (non-hydrogen) atoms. The number of nitrogens with zero attached hydrogens (tertiary/aromatic N) is 1. The lowest BCUT2D eigenvalue weighted by atomic mass is 10.2. The van der Waals surface area contributed by atoms with E-state index in [9.17, 15) is 8.42 Å². The average Bonchev–Trinajstić information content (AvgIpc) is 2.88. The summed E-state index contributed by atoms with van der Waals surface area (Å²) in [7, 11) is -2.89. The van der Waals surface area contributed by atoms with E-state index in [1.54, 1.807) is 11.3 Å². The molecule has 1 atom stereocenters. The standard InChI is InChI=1S/C12H13BrN2O2S2/c13-8-3-4-11-10(6-8)15-12(18-11)14-7-9-2-1-5-19(9,16)17/h3-4,6,9H,1-2,5,7H2,(H,14,15). The summed E-state index contributed by atoms with van der Waals surface area (Å²) >= 11 is 4.97. The smallest absolute Gasteiger partial charge is 0.183 e. The van der Waals surface area contributed by atoms with Gasteiger partial charge >= 0.3 is 0 Å². The lowest BCUT2D eigenvalue weighted by Crippen LogP contribution is -2.24. The molecule has 0 radical (unpaired) electrons. The second kappa shape index (κ2) is 5.03. The second-order valence-electron chi connectivity index (χ2n) is 4.64. The first kappa shape index (κ1) is 13.3. The molecule has 2 heterocycles. The normalized spacial score (nSPS) is 21.8. The molecule has 1 unspecified atom stereocenters. The van der Waals surface area contributed by atoms with Crippen LogP contribution in [0.15, 0.2) is 22.7 Å². The molecular formula is C12H13BrN2O2S2. The highest BCUT2D eigenvalue weighted by Crippen LogP contribution is 2.29. The van der Waals surface area contributed by atoms with Gasteiger partial charge in [-0.3, -0.25) is 0 Å². The van der Waals surface area contributed by atoms with Crippen molar-refractivity contribution in [1.82, 2.24) is 4.98 Å². The molecule has 0 amide bonds. The van der Waals surface area contributed by atoms with Crippen LogP contribution in [0.3, 0.4) is 0 Å². The van der Waals surface area contributed by atoms with Crippen molar-refractivity contribution in [3.05, 3.63) is 22.7 Å². The van der Waals surface area contributed by atoms with Gasteiger partial charge in [0.1, 0.15) is 0 Å². The number of halogens is 1. The van der Waals surface area contributed by atoms with Crippen LogP contribution in [0.25, 0.3) is 10.2 Å². The van der Waals surface area contributed by atoms with Crippen LogP contribution in [0.1, 0.15) is 12.8 Å². The lowest BCUT2D eigenvalue weighted by Gasteiger charge is -2.09. The van der Waals surface area contributed by atoms with E-state index in [1.807, 2.05) is 18.2 Å². The van der Waals surface area contributed by atoms with Gasteiger partial charge in [0.2, 0.25) is 0 Å². The fraction of sp³-hybridized carbons (Fsp3) is 0.417. The van der Waals surface area contributed by atoms with Gasteiger partial charge < -0.3 is 5.32 Å². The van der Waals surface area contributed by atoms with Crippen molar-refractivity contribution in [2.75, 3.05) is 17.6 Å². The fourth-order valence-electron chi connectivity index (χ4n) is 2.26. The van der Waals surface area contributed by atoms with Crippen molar-refractivity contribution in [2.24, 2.45) is 0 Å². The molecule has 0 spiro atoms. The first-order valence-electron chi connectivity index (χ1n) is 6.06. The van der Waals surface area contributed by atoms with Crippen molar-refractivity contribution in [1.29, 1.82) is 0 Å². The largest absolute Gasteiger partial charge is 0.360 e. The van der Waals surface area contributed by atoms with Crippen LogP contribution in [0, 0.1) is 0 Å². The molecule has 1 N–H and O–H groups in total. The zero-order valence-electron chi connectivity index (χ0n) is 10.1. The highest BCUT2D eigenvalue weighted by atomic mass is 79.9. The Morgan fingerprint density at radius 2 is 2.32 bits per heavy atom. The summed E-state index contributed by atoms with van der Waals surface area (Å²) in [4.78, 5) is 4.46. The summed E-state index contributed by atoms with van der Waals surface area (Å²) in [6.07, 6.45) is 1.53. The summed E-state index contributed by atoms with van der Waals surface area (Å²) in [5.74, 6) is 0.326. The molecule has 3 rings (SSSR count). The third-order valence-electron chi connectivity index (χ3n) is 3.29. The Bertz CT molecular complexity index is 712. The van der Waals surface area contributed by atoms with E-state index in [0.717, 1.165) is 32.7 Å². The Morgan fingerprint density at radius 3 is 3.05 bits per heavy atom. The molecule has 0 saturated carbocycles. The molecule has 1 aromatic carbocycles. The van der Waals surface area contributed by atoms with E-state index in [-0.39, 0.29) is 5.25 Å². The molecule has 1 fully saturated rings. The molecule has 102 valence electrons. The summed E-state index contributed by atoms with van der Waals surface area (Å²) in [5.41, 5.74) is 0.927. The maximum Gasteiger partial charge on any atom is 0.183 e. The Balaban J connectivity index is 1.75. The maximum absolute atomic E-state index is 11.7. The van der Waals surface area contributed by atoms with Crippen molar-refractivity contribution in [3.8, 4) is 0 Å². The Hall–Kier alpha value is -0.660. The predicted octanol–water partition coefficient (Wildman–Crippen LogP) is 3.05. The summed E-state index contributed by atoms with van der Waals surface area (Å²) < 4.78 is 25.6. The summed E-state index contributed by atoms with van der Waals surface area (Å²) in [5, 5.41) is 3.69. The Kier molecular flexibility index (Phi) is 3.53. The SMILES string of the molecule is O=S1(=O)CCCC1CNc1nc2cc(Br)ccc2s1. The summed E-state index contributed by atoms with van der Waals surface area (Å²) in [6.45, 7) is 0.462. The van der Waals surface area contributed by atoms with E-state index in [4.69, 9.17) is 0 Å². The molecule has 0 bridgehead atoms. The number of nitrogens with one attached hydrogen (secondary N) is 1. The van der Waals surface area contributed by atoms with E-state index >= 15 is 0 Å². The maximum atomic E-state index is 11.7. The quantitative estimate of drug-likeness (QED) is 0.913. The second-order valence-corrected chi connectivity index (χ2v) is 8.99. The average molecular weight is 361 g/mol. The zero-order valence-corrected chi connectivity index (χ0v) is 13.3. The molecule has 4 nitrogen and oxygen atoms in total. The van der Waals surface area contributed by atoms with E-state index in [0.29, 0.717) is 12.3 Å². The van der Waals surface area contributed by atoms with Crippen LogP contribution >= 0.6 is 27.3 Å². The first-order valence-corrected chi connectivity index (χ1v) is 9.39. The van der Waals surface area contributed by atoms with Gasteiger partial charge in [-0.25, -0.2) is 13.4 Å². The number of fused-ring (bicyclic) bond motifs is 1. The summed E-state index contributed by atoms with van der Waals surface area (Å²) in [6, 6.07) is 5.95. The van der Waals surface area contributed by atoms with Crippen molar-refractivity contribution >= 4 is 52.5 Å². The van der Waals surface area contributed by atoms with Crippen LogP contribution in [-0.2, 0) is 9.84 Å². The van der Waals surface area contributed by atoms with E-state index in [1.165, 1.54) is 0 Å². The van der Waals surface area contributed by atoms with Crippen LogP contribution in [-0.4, -0.2) is 30.9 Å². The number of hydrogen-bond donors (Lipinski definition) is 1. The van der Waals surface area contributed by atoms with Gasteiger partial charge in [0, 0.05) is 11.0 Å². The number of sulfone groups is 1. The van der Waals surface area contributed by atoms with Gasteiger partial charge in [0.15, 0.2) is 15.0 Å². The topological polar surface area (TPSA) is 59.1 Å². The Morgan fingerprint density at radius 1 is 1.47 bits per heavy atom. The number of rotatable bonds is 3. The van der Waals surface area contributed by atoms with E-state index < -0.39 is 9.84 Å². The Labute approximate surface area is 124 Å². The highest BCUT2D eigenvalue weighted by Gasteiger charge is 2.30. The molecule has 1 saturated heterocycles. The fourth-order valence-corrected chi connectivity index (χ4v) is 5.23. The minimum absolute atomic E-state index is 0.258. The van der Waals surface area contributed by atoms with Gasteiger partial charge in [-0.2, -0.15) is 0 Å². The number of aromatic nitrogens is 1. The third kappa shape index (κ3) is 2.78. The third-order valence-corrected chi connectivity index (χ3v) is 7.06. The van der Waals surface area contributed by atoms with Crippen LogP contribution in [0.5, 0.6) is 0 Å². The number of hydrogen-bond acceptors (Lipinski definition) is 5. The minimum atomic E-state index is -2.89. The number of thiazole rings is 1. The molecule has 1 aromatic heterocycles. The van der Waals surface area contributed by atoms with Crippen molar-refractivity contribution in [3.63, 3.8) is 0 Å². The van der Waals surface area contributed by atoms with Crippen molar-refractivity contribution in [2.45, 2.75) is 18.1 Å². The number of benzene rings is 1. The zero-order chi connectivity index (χ0) is 13.5. The minimum Gasteiger partial charge on any atom is -0.360 e. The van der Waals surface area contributed by atoms with Crippen LogP contribution < -0.4 is 5.32 Å². The van der Waals surface area contributed by atoms with Gasteiger partial charge in [-0.05, 0) is 31.0 Å². The molecule has 1 aliphatic rings. The molecule has 0 aliphatic carbocycles. The van der Waals surface area contributed by atoms with Gasteiger partial charge in [-0.15, -0.1) is 0 Å².